The predicted molar refractivity (Wildman–Crippen MR) is 101 cm³/mol. The molecule has 1 saturated heterocycles. The molecule has 2 aromatic rings. The molecule has 1 aromatic heterocycles. The zero-order chi connectivity index (χ0) is 19.4. The zero-order valence-corrected chi connectivity index (χ0v) is 15.4. The third-order valence-corrected chi connectivity index (χ3v) is 4.96. The Morgan fingerprint density at radius 3 is 2.78 bits per heavy atom. The first-order valence-electron chi connectivity index (χ1n) is 8.69. The van der Waals surface area contributed by atoms with Crippen molar-refractivity contribution in [3.05, 3.63) is 45.6 Å². The minimum absolute atomic E-state index is 0.160. The van der Waals surface area contributed by atoms with Gasteiger partial charge in [0.25, 0.3) is 0 Å². The third-order valence-electron chi connectivity index (χ3n) is 4.96. The molecule has 9 nitrogen and oxygen atoms in total. The Kier molecular flexibility index (Phi) is 5.41. The second-order valence-corrected chi connectivity index (χ2v) is 6.67. The van der Waals surface area contributed by atoms with Gasteiger partial charge in [-0.25, -0.2) is 4.98 Å². The second kappa shape index (κ2) is 7.75. The Morgan fingerprint density at radius 2 is 2.15 bits per heavy atom. The molecule has 1 aliphatic rings. The lowest BCUT2D eigenvalue weighted by Gasteiger charge is -2.38. The fourth-order valence-corrected chi connectivity index (χ4v) is 3.40. The molecule has 0 atom stereocenters. The van der Waals surface area contributed by atoms with Crippen molar-refractivity contribution in [2.24, 2.45) is 0 Å². The van der Waals surface area contributed by atoms with Crippen LogP contribution in [0.2, 0.25) is 0 Å². The summed E-state index contributed by atoms with van der Waals surface area (Å²) < 4.78 is 11.2. The van der Waals surface area contributed by atoms with Crippen LogP contribution in [0.5, 0.6) is 5.75 Å². The topological polar surface area (TPSA) is 125 Å². The van der Waals surface area contributed by atoms with Gasteiger partial charge in [-0.15, -0.1) is 0 Å². The van der Waals surface area contributed by atoms with Gasteiger partial charge in [-0.3, -0.25) is 10.1 Å². The van der Waals surface area contributed by atoms with Gasteiger partial charge in [-0.05, 0) is 25.8 Å². The van der Waals surface area contributed by atoms with Crippen LogP contribution in [0, 0.1) is 17.0 Å². The standard InChI is InChI=1S/C18H23N5O4/c1-12-3-4-15(26-2)13(9-12)18(5-7-27-8-6-18)11-21-17-20-10-14(23(24)25)16(19)22-17/h3-4,9-10H,5-8,11H2,1-2H3,(H3,19,20,21,22). The number of benzene rings is 1. The summed E-state index contributed by atoms with van der Waals surface area (Å²) in [6.07, 6.45) is 2.74. The number of nitro groups is 1. The SMILES string of the molecule is COc1ccc(C)cc1C1(CNc2ncc([N+](=O)[O-])c(N)n2)CCOCC1. The molecule has 27 heavy (non-hydrogen) atoms. The summed E-state index contributed by atoms with van der Waals surface area (Å²) in [6.45, 7) is 3.86. The lowest BCUT2D eigenvalue weighted by molar-refractivity contribution is -0.384. The van der Waals surface area contributed by atoms with Crippen LogP contribution >= 0.6 is 0 Å². The molecule has 0 bridgehead atoms. The van der Waals surface area contributed by atoms with Crippen LogP contribution < -0.4 is 15.8 Å². The minimum Gasteiger partial charge on any atom is -0.496 e. The van der Waals surface area contributed by atoms with Crippen molar-refractivity contribution in [1.82, 2.24) is 9.97 Å². The highest BCUT2D eigenvalue weighted by molar-refractivity contribution is 5.53. The fourth-order valence-electron chi connectivity index (χ4n) is 3.40. The number of nitrogens with zero attached hydrogens (tertiary/aromatic N) is 3. The number of methoxy groups -OCH3 is 1. The Morgan fingerprint density at radius 1 is 1.41 bits per heavy atom. The summed E-state index contributed by atoms with van der Waals surface area (Å²) in [5, 5.41) is 14.1. The van der Waals surface area contributed by atoms with Gasteiger partial charge in [0.05, 0.1) is 12.0 Å². The minimum atomic E-state index is -0.601. The van der Waals surface area contributed by atoms with Gasteiger partial charge in [0.1, 0.15) is 11.9 Å². The second-order valence-electron chi connectivity index (χ2n) is 6.67. The van der Waals surface area contributed by atoms with Crippen molar-refractivity contribution in [3.8, 4) is 5.75 Å². The van der Waals surface area contributed by atoms with E-state index in [-0.39, 0.29) is 22.9 Å². The Balaban J connectivity index is 1.89. The Bertz CT molecular complexity index is 836. The fraction of sp³-hybridized carbons (Fsp3) is 0.444. The number of ether oxygens (including phenoxy) is 2. The highest BCUT2D eigenvalue weighted by Gasteiger charge is 2.37. The van der Waals surface area contributed by atoms with Crippen molar-refractivity contribution in [2.45, 2.75) is 25.2 Å². The highest BCUT2D eigenvalue weighted by atomic mass is 16.6. The number of hydrogen-bond acceptors (Lipinski definition) is 8. The molecule has 0 amide bonds. The molecule has 3 N–H and O–H groups in total. The number of nitrogens with one attached hydrogen (secondary N) is 1. The number of aromatic nitrogens is 2. The number of nitrogen functional groups attached to an aromatic ring is 1. The van der Waals surface area contributed by atoms with E-state index in [1.54, 1.807) is 7.11 Å². The van der Waals surface area contributed by atoms with Gasteiger partial charge >= 0.3 is 5.69 Å². The van der Waals surface area contributed by atoms with Crippen LogP contribution in [0.25, 0.3) is 0 Å². The van der Waals surface area contributed by atoms with Crippen molar-refractivity contribution >= 4 is 17.5 Å². The molecule has 3 rings (SSSR count). The molecule has 144 valence electrons. The summed E-state index contributed by atoms with van der Waals surface area (Å²) in [5.41, 5.74) is 7.39. The van der Waals surface area contributed by atoms with Crippen molar-refractivity contribution in [2.75, 3.05) is 37.9 Å². The van der Waals surface area contributed by atoms with Crippen LogP contribution in [-0.4, -0.2) is 41.8 Å². The van der Waals surface area contributed by atoms with Crippen molar-refractivity contribution in [1.29, 1.82) is 0 Å². The van der Waals surface area contributed by atoms with E-state index >= 15 is 0 Å². The van der Waals surface area contributed by atoms with Gasteiger partial charge in [0, 0.05) is 30.7 Å². The first-order valence-corrected chi connectivity index (χ1v) is 8.69. The summed E-state index contributed by atoms with van der Waals surface area (Å²) in [7, 11) is 1.66. The largest absolute Gasteiger partial charge is 0.496 e. The number of rotatable bonds is 6. The van der Waals surface area contributed by atoms with E-state index < -0.39 is 4.92 Å². The summed E-state index contributed by atoms with van der Waals surface area (Å²) in [5.74, 6) is 0.927. The average Bonchev–Trinajstić information content (AvgIpc) is 2.67. The molecule has 0 spiro atoms. The molecule has 1 aromatic carbocycles. The number of aryl methyl sites for hydroxylation is 1. The van der Waals surface area contributed by atoms with Crippen LogP contribution in [0.1, 0.15) is 24.0 Å². The molecule has 0 aliphatic carbocycles. The molecule has 1 fully saturated rings. The van der Waals surface area contributed by atoms with Gasteiger partial charge in [-0.1, -0.05) is 17.7 Å². The maximum Gasteiger partial charge on any atom is 0.329 e. The maximum atomic E-state index is 10.9. The third kappa shape index (κ3) is 3.92. The quantitative estimate of drug-likeness (QED) is 0.584. The molecule has 9 heteroatoms. The number of nitrogens with two attached hydrogens (primary N) is 1. The molecular formula is C18H23N5O4. The van der Waals surface area contributed by atoms with E-state index in [4.69, 9.17) is 15.2 Å². The molecule has 2 heterocycles. The zero-order valence-electron chi connectivity index (χ0n) is 15.4. The van der Waals surface area contributed by atoms with Crippen LogP contribution in [0.4, 0.5) is 17.5 Å². The maximum absolute atomic E-state index is 10.9. The summed E-state index contributed by atoms with van der Waals surface area (Å²) in [6, 6.07) is 6.13. The smallest absolute Gasteiger partial charge is 0.329 e. The monoisotopic (exact) mass is 373 g/mol. The number of hydrogen-bond donors (Lipinski definition) is 2. The lowest BCUT2D eigenvalue weighted by atomic mass is 9.73. The lowest BCUT2D eigenvalue weighted by Crippen LogP contribution is -2.40. The molecular weight excluding hydrogens is 350 g/mol. The highest BCUT2D eigenvalue weighted by Crippen LogP contribution is 2.40. The molecule has 0 unspecified atom stereocenters. The van der Waals surface area contributed by atoms with E-state index in [9.17, 15) is 10.1 Å². The van der Waals surface area contributed by atoms with Crippen molar-refractivity contribution in [3.63, 3.8) is 0 Å². The van der Waals surface area contributed by atoms with E-state index in [1.807, 2.05) is 19.1 Å². The van der Waals surface area contributed by atoms with E-state index in [1.165, 1.54) is 0 Å². The molecule has 0 saturated carbocycles. The predicted octanol–water partition coefficient (Wildman–Crippen LogP) is 2.44. The van der Waals surface area contributed by atoms with Crippen molar-refractivity contribution < 1.29 is 14.4 Å². The normalized spacial score (nSPS) is 15.9. The summed E-state index contributed by atoms with van der Waals surface area (Å²) >= 11 is 0. The van der Waals surface area contributed by atoms with Gasteiger partial charge in [0.2, 0.25) is 11.8 Å². The molecule has 1 aliphatic heterocycles. The van der Waals surface area contributed by atoms with E-state index in [0.29, 0.717) is 19.8 Å². The molecule has 0 radical (unpaired) electrons. The van der Waals surface area contributed by atoms with Crippen LogP contribution in [0.3, 0.4) is 0 Å². The Hall–Kier alpha value is -2.94. The first-order chi connectivity index (χ1) is 12.9. The Labute approximate surface area is 157 Å². The van der Waals surface area contributed by atoms with Crippen LogP contribution in [0.15, 0.2) is 24.4 Å². The average molecular weight is 373 g/mol. The van der Waals surface area contributed by atoms with Gasteiger partial charge in [-0.2, -0.15) is 4.98 Å². The number of anilines is 2. The van der Waals surface area contributed by atoms with Gasteiger partial charge in [0.15, 0.2) is 0 Å². The van der Waals surface area contributed by atoms with Gasteiger partial charge < -0.3 is 20.5 Å². The van der Waals surface area contributed by atoms with Crippen LogP contribution in [-0.2, 0) is 10.2 Å². The van der Waals surface area contributed by atoms with E-state index in [0.717, 1.165) is 35.9 Å². The summed E-state index contributed by atoms with van der Waals surface area (Å²) in [4.78, 5) is 18.3. The first kappa shape index (κ1) is 18.8. The van der Waals surface area contributed by atoms with E-state index in [2.05, 4.69) is 21.4 Å².